The molecule has 78 valence electrons. The zero-order chi connectivity index (χ0) is 10.6. The Morgan fingerprint density at radius 3 is 2.86 bits per heavy atom. The maximum atomic E-state index is 12.9. The molecule has 0 spiro atoms. The molecule has 14 heavy (non-hydrogen) atoms. The van der Waals surface area contributed by atoms with Gasteiger partial charge in [-0.3, -0.25) is 11.3 Å². The van der Waals surface area contributed by atoms with Crippen LogP contribution in [-0.2, 0) is 6.42 Å². The Balaban J connectivity index is 2.79. The fraction of sp³-hybridized carbons (Fsp3) is 0.400. The van der Waals surface area contributed by atoms with Crippen LogP contribution in [-0.4, -0.2) is 6.04 Å². The van der Waals surface area contributed by atoms with Gasteiger partial charge in [0, 0.05) is 10.5 Å². The average molecular weight is 261 g/mol. The van der Waals surface area contributed by atoms with Crippen molar-refractivity contribution in [3.05, 3.63) is 34.1 Å². The smallest absolute Gasteiger partial charge is 0.123 e. The molecule has 0 bridgehead atoms. The van der Waals surface area contributed by atoms with Crippen LogP contribution in [0.25, 0.3) is 0 Å². The van der Waals surface area contributed by atoms with E-state index in [1.54, 1.807) is 6.07 Å². The standard InChI is InChI=1S/C10H14BrFN2/c1-2-9(14-13)6-7-5-8(12)3-4-10(7)11/h3-5,9,14H,2,6,13H2,1H3. The monoisotopic (exact) mass is 260 g/mol. The average Bonchev–Trinajstić information content (AvgIpc) is 2.19. The summed E-state index contributed by atoms with van der Waals surface area (Å²) in [6, 6.07) is 4.87. The van der Waals surface area contributed by atoms with Crippen LogP contribution < -0.4 is 11.3 Å². The first-order chi connectivity index (χ1) is 6.67. The summed E-state index contributed by atoms with van der Waals surface area (Å²) in [4.78, 5) is 0. The van der Waals surface area contributed by atoms with Crippen LogP contribution in [0.2, 0.25) is 0 Å². The van der Waals surface area contributed by atoms with Gasteiger partial charge in [0.15, 0.2) is 0 Å². The number of halogens is 2. The molecule has 0 aliphatic rings. The lowest BCUT2D eigenvalue weighted by atomic mass is 10.0. The van der Waals surface area contributed by atoms with Gasteiger partial charge in [-0.05, 0) is 36.6 Å². The van der Waals surface area contributed by atoms with E-state index in [-0.39, 0.29) is 11.9 Å². The topological polar surface area (TPSA) is 38.0 Å². The quantitative estimate of drug-likeness (QED) is 0.645. The van der Waals surface area contributed by atoms with E-state index in [2.05, 4.69) is 21.4 Å². The Morgan fingerprint density at radius 1 is 1.57 bits per heavy atom. The first kappa shape index (κ1) is 11.6. The zero-order valence-electron chi connectivity index (χ0n) is 8.06. The van der Waals surface area contributed by atoms with Gasteiger partial charge in [0.25, 0.3) is 0 Å². The Hall–Kier alpha value is -0.450. The van der Waals surface area contributed by atoms with Crippen molar-refractivity contribution in [2.45, 2.75) is 25.8 Å². The third-order valence-corrected chi connectivity index (χ3v) is 2.98. The third kappa shape index (κ3) is 3.04. The second kappa shape index (κ2) is 5.44. The zero-order valence-corrected chi connectivity index (χ0v) is 9.64. The van der Waals surface area contributed by atoms with Gasteiger partial charge in [-0.25, -0.2) is 4.39 Å². The van der Waals surface area contributed by atoms with E-state index in [1.165, 1.54) is 12.1 Å². The van der Waals surface area contributed by atoms with E-state index in [9.17, 15) is 4.39 Å². The van der Waals surface area contributed by atoms with Crippen LogP contribution in [0.4, 0.5) is 4.39 Å². The van der Waals surface area contributed by atoms with E-state index in [4.69, 9.17) is 5.84 Å². The second-order valence-electron chi connectivity index (χ2n) is 3.21. The highest BCUT2D eigenvalue weighted by Gasteiger charge is 2.08. The highest BCUT2D eigenvalue weighted by molar-refractivity contribution is 9.10. The van der Waals surface area contributed by atoms with Crippen LogP contribution in [0, 0.1) is 5.82 Å². The lowest BCUT2D eigenvalue weighted by molar-refractivity contribution is 0.508. The highest BCUT2D eigenvalue weighted by Crippen LogP contribution is 2.19. The molecule has 1 unspecified atom stereocenters. The molecule has 1 aromatic carbocycles. The van der Waals surface area contributed by atoms with Crippen molar-refractivity contribution in [3.8, 4) is 0 Å². The minimum absolute atomic E-state index is 0.188. The van der Waals surface area contributed by atoms with Gasteiger partial charge >= 0.3 is 0 Å². The minimum atomic E-state index is -0.213. The molecule has 0 amide bonds. The van der Waals surface area contributed by atoms with Crippen molar-refractivity contribution in [3.63, 3.8) is 0 Å². The Bertz CT molecular complexity index is 300. The number of nitrogens with one attached hydrogen (secondary N) is 1. The first-order valence-corrected chi connectivity index (χ1v) is 5.36. The van der Waals surface area contributed by atoms with Crippen LogP contribution in [0.1, 0.15) is 18.9 Å². The summed E-state index contributed by atoms with van der Waals surface area (Å²) in [5.74, 6) is 5.15. The molecule has 3 N–H and O–H groups in total. The number of hydrogen-bond acceptors (Lipinski definition) is 2. The molecule has 1 aromatic rings. The molecule has 0 aliphatic heterocycles. The van der Waals surface area contributed by atoms with Gasteiger partial charge in [-0.1, -0.05) is 22.9 Å². The molecule has 4 heteroatoms. The Kier molecular flexibility index (Phi) is 4.51. The van der Waals surface area contributed by atoms with Gasteiger partial charge < -0.3 is 0 Å². The number of hydrazine groups is 1. The largest absolute Gasteiger partial charge is 0.271 e. The van der Waals surface area contributed by atoms with Gasteiger partial charge in [-0.2, -0.15) is 0 Å². The van der Waals surface area contributed by atoms with E-state index in [0.29, 0.717) is 0 Å². The Labute approximate surface area is 91.8 Å². The predicted molar refractivity (Wildman–Crippen MR) is 59.2 cm³/mol. The number of rotatable bonds is 4. The van der Waals surface area contributed by atoms with E-state index < -0.39 is 0 Å². The second-order valence-corrected chi connectivity index (χ2v) is 4.07. The highest BCUT2D eigenvalue weighted by atomic mass is 79.9. The Morgan fingerprint density at radius 2 is 2.29 bits per heavy atom. The molecule has 0 radical (unpaired) electrons. The first-order valence-electron chi connectivity index (χ1n) is 4.57. The van der Waals surface area contributed by atoms with Crippen molar-refractivity contribution in [2.24, 2.45) is 5.84 Å². The van der Waals surface area contributed by atoms with Crippen LogP contribution in [0.15, 0.2) is 22.7 Å². The molecule has 0 heterocycles. The lowest BCUT2D eigenvalue weighted by Crippen LogP contribution is -2.36. The number of nitrogens with two attached hydrogens (primary N) is 1. The minimum Gasteiger partial charge on any atom is -0.271 e. The molecule has 0 saturated carbocycles. The molecule has 0 aliphatic carbocycles. The van der Waals surface area contributed by atoms with Gasteiger partial charge in [0.2, 0.25) is 0 Å². The molecule has 0 saturated heterocycles. The maximum Gasteiger partial charge on any atom is 0.123 e. The third-order valence-electron chi connectivity index (χ3n) is 2.20. The summed E-state index contributed by atoms with van der Waals surface area (Å²) in [5, 5.41) is 0. The van der Waals surface area contributed by atoms with Crippen molar-refractivity contribution in [1.29, 1.82) is 0 Å². The van der Waals surface area contributed by atoms with Crippen LogP contribution in [0.5, 0.6) is 0 Å². The lowest BCUT2D eigenvalue weighted by Gasteiger charge is -2.14. The van der Waals surface area contributed by atoms with Gasteiger partial charge in [0.1, 0.15) is 5.82 Å². The van der Waals surface area contributed by atoms with E-state index in [0.717, 1.165) is 22.9 Å². The molecule has 0 fully saturated rings. The molecule has 0 aromatic heterocycles. The SMILES string of the molecule is CCC(Cc1cc(F)ccc1Br)NN. The maximum absolute atomic E-state index is 12.9. The van der Waals surface area contributed by atoms with E-state index >= 15 is 0 Å². The number of hydrogen-bond donors (Lipinski definition) is 2. The summed E-state index contributed by atoms with van der Waals surface area (Å²) in [6.45, 7) is 2.04. The van der Waals surface area contributed by atoms with Crippen molar-refractivity contribution in [2.75, 3.05) is 0 Å². The molecule has 1 atom stereocenters. The predicted octanol–water partition coefficient (Wildman–Crippen LogP) is 2.37. The van der Waals surface area contributed by atoms with Crippen molar-refractivity contribution in [1.82, 2.24) is 5.43 Å². The molecule has 1 rings (SSSR count). The summed E-state index contributed by atoms with van der Waals surface area (Å²) in [7, 11) is 0. The summed E-state index contributed by atoms with van der Waals surface area (Å²) >= 11 is 3.38. The van der Waals surface area contributed by atoms with Gasteiger partial charge in [0.05, 0.1) is 0 Å². The summed E-state index contributed by atoms with van der Waals surface area (Å²) in [5.41, 5.74) is 3.64. The van der Waals surface area contributed by atoms with E-state index in [1.807, 2.05) is 6.92 Å². The fourth-order valence-electron chi connectivity index (χ4n) is 1.29. The van der Waals surface area contributed by atoms with Crippen molar-refractivity contribution >= 4 is 15.9 Å². The molecule has 2 nitrogen and oxygen atoms in total. The number of benzene rings is 1. The molecular weight excluding hydrogens is 247 g/mol. The van der Waals surface area contributed by atoms with Crippen LogP contribution in [0.3, 0.4) is 0 Å². The normalized spacial score (nSPS) is 12.9. The fourth-order valence-corrected chi connectivity index (χ4v) is 1.69. The summed E-state index contributed by atoms with van der Waals surface area (Å²) in [6.07, 6.45) is 1.64. The van der Waals surface area contributed by atoms with Crippen LogP contribution >= 0.6 is 15.9 Å². The van der Waals surface area contributed by atoms with Crippen molar-refractivity contribution < 1.29 is 4.39 Å². The van der Waals surface area contributed by atoms with Gasteiger partial charge in [-0.15, -0.1) is 0 Å². The summed E-state index contributed by atoms with van der Waals surface area (Å²) < 4.78 is 13.9. The molecular formula is C10H14BrFN2.